The first-order valence-electron chi connectivity index (χ1n) is 9.45. The lowest BCUT2D eigenvalue weighted by atomic mass is 9.89. The molecule has 1 amide bonds. The van der Waals surface area contributed by atoms with Crippen LogP contribution in [0.3, 0.4) is 0 Å². The SMILES string of the molecule is Cc1ccc(C(=O)C[C@]2(O)C(=O)N(CN3CCCCC3)c3ccccc32)s1. The minimum Gasteiger partial charge on any atom is -0.375 e. The minimum absolute atomic E-state index is 0.196. The zero-order chi connectivity index (χ0) is 19.0. The van der Waals surface area contributed by atoms with Crippen LogP contribution in [0.25, 0.3) is 0 Å². The fraction of sp³-hybridized carbons (Fsp3) is 0.429. The molecule has 1 atom stereocenters. The van der Waals surface area contributed by atoms with E-state index in [1.54, 1.807) is 23.1 Å². The Morgan fingerprint density at radius 2 is 1.89 bits per heavy atom. The van der Waals surface area contributed by atoms with E-state index in [1.807, 2.05) is 25.1 Å². The van der Waals surface area contributed by atoms with E-state index >= 15 is 0 Å². The Morgan fingerprint density at radius 1 is 1.15 bits per heavy atom. The quantitative estimate of drug-likeness (QED) is 0.804. The Labute approximate surface area is 163 Å². The van der Waals surface area contributed by atoms with Gasteiger partial charge < -0.3 is 5.11 Å². The summed E-state index contributed by atoms with van der Waals surface area (Å²) in [5, 5.41) is 11.3. The summed E-state index contributed by atoms with van der Waals surface area (Å²) in [7, 11) is 0. The van der Waals surface area contributed by atoms with E-state index in [2.05, 4.69) is 4.90 Å². The van der Waals surface area contributed by atoms with Crippen molar-refractivity contribution in [3.63, 3.8) is 0 Å². The highest BCUT2D eigenvalue weighted by Gasteiger charge is 2.51. The smallest absolute Gasteiger partial charge is 0.265 e. The molecule has 4 rings (SSSR count). The fourth-order valence-corrected chi connectivity index (χ4v) is 4.83. The number of thiophene rings is 1. The van der Waals surface area contributed by atoms with Crippen LogP contribution in [0.5, 0.6) is 0 Å². The van der Waals surface area contributed by atoms with Gasteiger partial charge in [-0.1, -0.05) is 24.6 Å². The van der Waals surface area contributed by atoms with Crippen LogP contribution in [-0.2, 0) is 10.4 Å². The van der Waals surface area contributed by atoms with Gasteiger partial charge in [0.2, 0.25) is 0 Å². The molecule has 142 valence electrons. The number of amides is 1. The zero-order valence-corrected chi connectivity index (χ0v) is 16.3. The third kappa shape index (κ3) is 3.33. The maximum atomic E-state index is 13.2. The average Bonchev–Trinajstić information content (AvgIpc) is 3.20. The Kier molecular flexibility index (Phi) is 4.88. The van der Waals surface area contributed by atoms with Gasteiger partial charge in [0, 0.05) is 10.4 Å². The van der Waals surface area contributed by atoms with Crippen molar-refractivity contribution in [2.24, 2.45) is 0 Å². The van der Waals surface area contributed by atoms with E-state index in [0.717, 1.165) is 30.8 Å². The first-order valence-corrected chi connectivity index (χ1v) is 10.3. The van der Waals surface area contributed by atoms with Gasteiger partial charge in [0.15, 0.2) is 11.4 Å². The topological polar surface area (TPSA) is 60.9 Å². The molecular formula is C21H24N2O3S. The number of carbonyl (C=O) groups is 2. The summed E-state index contributed by atoms with van der Waals surface area (Å²) in [5.41, 5.74) is -0.541. The molecule has 0 aliphatic carbocycles. The van der Waals surface area contributed by atoms with Gasteiger partial charge in [0.25, 0.3) is 5.91 Å². The molecule has 0 saturated carbocycles. The largest absolute Gasteiger partial charge is 0.375 e. The van der Waals surface area contributed by atoms with E-state index < -0.39 is 11.5 Å². The lowest BCUT2D eigenvalue weighted by Gasteiger charge is -2.31. The summed E-state index contributed by atoms with van der Waals surface area (Å²) in [6.45, 7) is 4.31. The number of rotatable bonds is 5. The number of hydrogen-bond donors (Lipinski definition) is 1. The Balaban J connectivity index is 1.62. The van der Waals surface area contributed by atoms with Crippen molar-refractivity contribution in [3.8, 4) is 0 Å². The van der Waals surface area contributed by atoms with Gasteiger partial charge in [0.05, 0.1) is 23.7 Å². The summed E-state index contributed by atoms with van der Waals surface area (Å²) >= 11 is 1.40. The first kappa shape index (κ1) is 18.3. The molecule has 2 aliphatic rings. The van der Waals surface area contributed by atoms with E-state index in [-0.39, 0.29) is 12.2 Å². The zero-order valence-electron chi connectivity index (χ0n) is 15.5. The normalized spacial score (nSPS) is 22.9. The predicted molar refractivity (Wildman–Crippen MR) is 106 cm³/mol. The summed E-state index contributed by atoms with van der Waals surface area (Å²) < 4.78 is 0. The summed E-state index contributed by atoms with van der Waals surface area (Å²) in [6, 6.07) is 10.9. The summed E-state index contributed by atoms with van der Waals surface area (Å²) in [4.78, 5) is 31.5. The number of benzene rings is 1. The standard InChI is InChI=1S/C21H24N2O3S/c1-15-9-10-19(27-15)18(24)13-21(26)16-7-3-4-8-17(16)23(20(21)25)14-22-11-5-2-6-12-22/h3-4,7-10,26H,2,5-6,11-14H2,1H3/t21-/m1/s1. The third-order valence-corrected chi connectivity index (χ3v) is 6.50. The van der Waals surface area contributed by atoms with Crippen molar-refractivity contribution in [2.45, 2.75) is 38.2 Å². The molecule has 0 spiro atoms. The maximum Gasteiger partial charge on any atom is 0.265 e. The number of hydrogen-bond acceptors (Lipinski definition) is 5. The van der Waals surface area contributed by atoms with E-state index in [1.165, 1.54) is 17.8 Å². The van der Waals surface area contributed by atoms with Crippen LogP contribution in [-0.4, -0.2) is 41.5 Å². The molecule has 1 saturated heterocycles. The number of nitrogens with zero attached hydrogens (tertiary/aromatic N) is 2. The molecule has 1 aromatic carbocycles. The second kappa shape index (κ2) is 7.19. The number of aliphatic hydroxyl groups is 1. The first-order chi connectivity index (χ1) is 13.0. The van der Waals surface area contributed by atoms with Gasteiger partial charge in [-0.3, -0.25) is 19.4 Å². The lowest BCUT2D eigenvalue weighted by Crippen LogP contribution is -2.47. The molecule has 1 fully saturated rings. The second-order valence-electron chi connectivity index (χ2n) is 7.44. The highest BCUT2D eigenvalue weighted by molar-refractivity contribution is 7.14. The molecule has 3 heterocycles. The molecule has 5 nitrogen and oxygen atoms in total. The lowest BCUT2D eigenvalue weighted by molar-refractivity contribution is -0.136. The van der Waals surface area contributed by atoms with E-state index in [0.29, 0.717) is 22.8 Å². The fourth-order valence-electron chi connectivity index (χ4n) is 4.02. The van der Waals surface area contributed by atoms with Gasteiger partial charge in [-0.05, 0) is 51.1 Å². The van der Waals surface area contributed by atoms with Gasteiger partial charge in [-0.2, -0.15) is 0 Å². The Morgan fingerprint density at radius 3 is 2.59 bits per heavy atom. The van der Waals surface area contributed by atoms with Crippen molar-refractivity contribution in [1.29, 1.82) is 0 Å². The van der Waals surface area contributed by atoms with Crippen LogP contribution >= 0.6 is 11.3 Å². The van der Waals surface area contributed by atoms with E-state index in [9.17, 15) is 14.7 Å². The number of Topliss-reactive ketones (excluding diaryl/α,β-unsaturated/α-hetero) is 1. The highest BCUT2D eigenvalue weighted by atomic mass is 32.1. The molecule has 0 radical (unpaired) electrons. The molecule has 2 aliphatic heterocycles. The third-order valence-electron chi connectivity index (χ3n) is 5.46. The number of likely N-dealkylation sites (tertiary alicyclic amines) is 1. The number of fused-ring (bicyclic) bond motifs is 1. The molecule has 1 aromatic heterocycles. The molecule has 1 N–H and O–H groups in total. The Bertz CT molecular complexity index is 872. The molecule has 2 aromatic rings. The number of anilines is 1. The van der Waals surface area contributed by atoms with Crippen molar-refractivity contribution >= 4 is 28.7 Å². The number of carbonyl (C=O) groups excluding carboxylic acids is 2. The molecule has 0 unspecified atom stereocenters. The predicted octanol–water partition coefficient (Wildman–Crippen LogP) is 3.31. The van der Waals surface area contributed by atoms with Gasteiger partial charge in [-0.25, -0.2) is 0 Å². The Hall–Kier alpha value is -2.02. The van der Waals surface area contributed by atoms with Gasteiger partial charge >= 0.3 is 0 Å². The van der Waals surface area contributed by atoms with Crippen molar-refractivity contribution in [1.82, 2.24) is 4.90 Å². The van der Waals surface area contributed by atoms with Crippen LogP contribution in [0.4, 0.5) is 5.69 Å². The van der Waals surface area contributed by atoms with Crippen LogP contribution in [0.2, 0.25) is 0 Å². The molecular weight excluding hydrogens is 360 g/mol. The summed E-state index contributed by atoms with van der Waals surface area (Å²) in [6.07, 6.45) is 3.26. The number of piperidine rings is 1. The second-order valence-corrected chi connectivity index (χ2v) is 8.73. The number of ketones is 1. The van der Waals surface area contributed by atoms with Gasteiger partial charge in [0.1, 0.15) is 0 Å². The van der Waals surface area contributed by atoms with Crippen molar-refractivity contribution in [2.75, 3.05) is 24.7 Å². The molecule has 0 bridgehead atoms. The maximum absolute atomic E-state index is 13.2. The van der Waals surface area contributed by atoms with E-state index in [4.69, 9.17) is 0 Å². The van der Waals surface area contributed by atoms with Crippen molar-refractivity contribution < 1.29 is 14.7 Å². The monoisotopic (exact) mass is 384 g/mol. The van der Waals surface area contributed by atoms with Gasteiger partial charge in [-0.15, -0.1) is 11.3 Å². The number of para-hydroxylation sites is 1. The molecule has 6 heteroatoms. The summed E-state index contributed by atoms with van der Waals surface area (Å²) in [5.74, 6) is -0.588. The van der Waals surface area contributed by atoms with Crippen LogP contribution in [0.1, 0.15) is 45.8 Å². The highest BCUT2D eigenvalue weighted by Crippen LogP contribution is 2.43. The average molecular weight is 385 g/mol. The minimum atomic E-state index is -1.79. The van der Waals surface area contributed by atoms with Crippen molar-refractivity contribution in [3.05, 3.63) is 51.7 Å². The number of aryl methyl sites for hydroxylation is 1. The van der Waals surface area contributed by atoms with Crippen LogP contribution in [0.15, 0.2) is 36.4 Å². The molecule has 27 heavy (non-hydrogen) atoms. The van der Waals surface area contributed by atoms with Crippen LogP contribution in [0, 0.1) is 6.92 Å². The van der Waals surface area contributed by atoms with Crippen LogP contribution < -0.4 is 4.90 Å².